The van der Waals surface area contributed by atoms with Crippen LogP contribution in [-0.4, -0.2) is 30.6 Å². The van der Waals surface area contributed by atoms with Crippen molar-refractivity contribution >= 4 is 0 Å². The van der Waals surface area contributed by atoms with Gasteiger partial charge < -0.3 is 10.2 Å². The molecule has 120 valence electrons. The van der Waals surface area contributed by atoms with Crippen LogP contribution >= 0.6 is 0 Å². The summed E-state index contributed by atoms with van der Waals surface area (Å²) in [5.41, 5.74) is 0.784. The maximum atomic E-state index is 14.1. The topological polar surface area (TPSA) is 15.3 Å². The molecule has 0 aliphatic heterocycles. The summed E-state index contributed by atoms with van der Waals surface area (Å²) in [6.07, 6.45) is 1.14. The zero-order valence-corrected chi connectivity index (χ0v) is 14.2. The van der Waals surface area contributed by atoms with Crippen molar-refractivity contribution in [2.24, 2.45) is 5.92 Å². The highest BCUT2D eigenvalue weighted by molar-refractivity contribution is 5.22. The molecule has 1 rings (SSSR count). The summed E-state index contributed by atoms with van der Waals surface area (Å²) in [5.74, 6) is 0.248. The van der Waals surface area contributed by atoms with E-state index in [4.69, 9.17) is 0 Å². The Labute approximate surface area is 129 Å². The first kappa shape index (κ1) is 18.1. The number of halogens is 1. The van der Waals surface area contributed by atoms with Gasteiger partial charge in [0.25, 0.3) is 0 Å². The van der Waals surface area contributed by atoms with Gasteiger partial charge in [-0.15, -0.1) is 0 Å². The Morgan fingerprint density at radius 2 is 1.81 bits per heavy atom. The Balaban J connectivity index is 2.87. The Morgan fingerprint density at radius 3 is 2.33 bits per heavy atom. The molecule has 1 aromatic carbocycles. The number of nitrogens with one attached hydrogen (secondary N) is 1. The number of hydrogen-bond donors (Lipinski definition) is 1. The van der Waals surface area contributed by atoms with Crippen LogP contribution in [0.15, 0.2) is 24.3 Å². The van der Waals surface area contributed by atoms with E-state index in [2.05, 4.69) is 44.8 Å². The molecule has 0 radical (unpaired) electrons. The SMILES string of the molecule is CCNC(c1ccccc1F)C(C)CN(CC)C(C)CC. The second kappa shape index (κ2) is 9.16. The molecule has 0 aliphatic carbocycles. The van der Waals surface area contributed by atoms with E-state index in [0.717, 1.165) is 31.6 Å². The summed E-state index contributed by atoms with van der Waals surface area (Å²) in [6, 6.07) is 7.76. The first-order valence-electron chi connectivity index (χ1n) is 8.26. The van der Waals surface area contributed by atoms with E-state index < -0.39 is 0 Å². The lowest BCUT2D eigenvalue weighted by atomic mass is 9.93. The Bertz CT molecular complexity index is 408. The van der Waals surface area contributed by atoms with Gasteiger partial charge in [-0.1, -0.05) is 45.9 Å². The van der Waals surface area contributed by atoms with Gasteiger partial charge >= 0.3 is 0 Å². The molecule has 0 aliphatic rings. The number of benzene rings is 1. The predicted molar refractivity (Wildman–Crippen MR) is 89.0 cm³/mol. The van der Waals surface area contributed by atoms with E-state index in [1.807, 2.05) is 12.1 Å². The molecule has 0 amide bonds. The summed E-state index contributed by atoms with van der Waals surface area (Å²) >= 11 is 0. The van der Waals surface area contributed by atoms with Crippen molar-refractivity contribution in [3.63, 3.8) is 0 Å². The lowest BCUT2D eigenvalue weighted by Crippen LogP contribution is -2.40. The standard InChI is InChI=1S/C18H31FN2/c1-6-15(5)21(8-3)13-14(4)18(20-7-2)16-11-9-10-12-17(16)19/h9-12,14-15,18,20H,6-8,13H2,1-5H3. The molecule has 1 aromatic rings. The Morgan fingerprint density at radius 1 is 1.14 bits per heavy atom. The smallest absolute Gasteiger partial charge is 0.127 e. The molecule has 0 heterocycles. The normalized spacial score (nSPS) is 16.0. The zero-order valence-electron chi connectivity index (χ0n) is 14.2. The van der Waals surface area contributed by atoms with Gasteiger partial charge in [-0.05, 0) is 38.4 Å². The van der Waals surface area contributed by atoms with Gasteiger partial charge in [-0.3, -0.25) is 0 Å². The van der Waals surface area contributed by atoms with Gasteiger partial charge in [0.05, 0.1) is 0 Å². The molecule has 21 heavy (non-hydrogen) atoms. The average molecular weight is 294 g/mol. The van der Waals surface area contributed by atoms with Crippen LogP contribution in [0.1, 0.15) is 52.6 Å². The van der Waals surface area contributed by atoms with Crippen molar-refractivity contribution in [3.8, 4) is 0 Å². The van der Waals surface area contributed by atoms with Crippen molar-refractivity contribution in [1.82, 2.24) is 10.2 Å². The molecule has 2 nitrogen and oxygen atoms in total. The minimum absolute atomic E-state index is 0.0642. The van der Waals surface area contributed by atoms with Crippen LogP contribution in [0.3, 0.4) is 0 Å². The molecule has 3 unspecified atom stereocenters. The number of nitrogens with zero attached hydrogens (tertiary/aromatic N) is 1. The lowest BCUT2D eigenvalue weighted by molar-refractivity contribution is 0.168. The minimum Gasteiger partial charge on any atom is -0.310 e. The summed E-state index contributed by atoms with van der Waals surface area (Å²) in [6.45, 7) is 13.8. The number of hydrogen-bond acceptors (Lipinski definition) is 2. The minimum atomic E-state index is -0.109. The monoisotopic (exact) mass is 294 g/mol. The first-order chi connectivity index (χ1) is 10.0. The fraction of sp³-hybridized carbons (Fsp3) is 0.667. The van der Waals surface area contributed by atoms with Crippen LogP contribution < -0.4 is 5.32 Å². The number of rotatable bonds is 9. The van der Waals surface area contributed by atoms with E-state index in [1.165, 1.54) is 0 Å². The van der Waals surface area contributed by atoms with Crippen LogP contribution in [0.4, 0.5) is 4.39 Å². The van der Waals surface area contributed by atoms with E-state index in [1.54, 1.807) is 12.1 Å². The van der Waals surface area contributed by atoms with E-state index >= 15 is 0 Å². The van der Waals surface area contributed by atoms with E-state index in [0.29, 0.717) is 12.0 Å². The van der Waals surface area contributed by atoms with Crippen molar-refractivity contribution in [2.45, 2.75) is 53.1 Å². The molecule has 0 saturated carbocycles. The summed E-state index contributed by atoms with van der Waals surface area (Å²) < 4.78 is 14.1. The van der Waals surface area contributed by atoms with Crippen molar-refractivity contribution in [1.29, 1.82) is 0 Å². The highest BCUT2D eigenvalue weighted by atomic mass is 19.1. The van der Waals surface area contributed by atoms with Crippen molar-refractivity contribution in [3.05, 3.63) is 35.6 Å². The molecule has 0 fully saturated rings. The van der Waals surface area contributed by atoms with Gasteiger partial charge in [-0.25, -0.2) is 4.39 Å². The van der Waals surface area contributed by atoms with Crippen LogP contribution in [0.2, 0.25) is 0 Å². The zero-order chi connectivity index (χ0) is 15.8. The molecular formula is C18H31FN2. The highest BCUT2D eigenvalue weighted by Gasteiger charge is 2.24. The fourth-order valence-corrected chi connectivity index (χ4v) is 2.92. The molecule has 0 saturated heterocycles. The van der Waals surface area contributed by atoms with Gasteiger partial charge in [-0.2, -0.15) is 0 Å². The molecule has 0 spiro atoms. The van der Waals surface area contributed by atoms with Crippen LogP contribution in [0.5, 0.6) is 0 Å². The molecule has 0 bridgehead atoms. The van der Waals surface area contributed by atoms with Crippen molar-refractivity contribution in [2.75, 3.05) is 19.6 Å². The third-order valence-corrected chi connectivity index (χ3v) is 4.38. The highest BCUT2D eigenvalue weighted by Crippen LogP contribution is 2.25. The van der Waals surface area contributed by atoms with Crippen LogP contribution in [-0.2, 0) is 0 Å². The van der Waals surface area contributed by atoms with E-state index in [9.17, 15) is 4.39 Å². The van der Waals surface area contributed by atoms with Crippen molar-refractivity contribution < 1.29 is 4.39 Å². The van der Waals surface area contributed by atoms with Gasteiger partial charge in [0.15, 0.2) is 0 Å². The van der Waals surface area contributed by atoms with Gasteiger partial charge in [0.2, 0.25) is 0 Å². The maximum Gasteiger partial charge on any atom is 0.127 e. The first-order valence-corrected chi connectivity index (χ1v) is 8.26. The van der Waals surface area contributed by atoms with Gasteiger partial charge in [0, 0.05) is 24.2 Å². The third kappa shape index (κ3) is 5.08. The summed E-state index contributed by atoms with van der Waals surface area (Å²) in [4.78, 5) is 2.48. The molecule has 3 heteroatoms. The Kier molecular flexibility index (Phi) is 7.91. The molecule has 3 atom stereocenters. The second-order valence-electron chi connectivity index (χ2n) is 5.88. The average Bonchev–Trinajstić information content (AvgIpc) is 2.50. The summed E-state index contributed by atoms with van der Waals surface area (Å²) in [5, 5.41) is 3.46. The quantitative estimate of drug-likeness (QED) is 0.733. The third-order valence-electron chi connectivity index (χ3n) is 4.38. The molecule has 0 aromatic heterocycles. The molecule has 1 N–H and O–H groups in total. The molecular weight excluding hydrogens is 263 g/mol. The summed E-state index contributed by atoms with van der Waals surface area (Å²) in [7, 11) is 0. The van der Waals surface area contributed by atoms with Crippen LogP contribution in [0.25, 0.3) is 0 Å². The fourth-order valence-electron chi connectivity index (χ4n) is 2.92. The predicted octanol–water partition coefficient (Wildman–Crippen LogP) is 4.23. The second-order valence-corrected chi connectivity index (χ2v) is 5.88. The largest absolute Gasteiger partial charge is 0.310 e. The van der Waals surface area contributed by atoms with E-state index in [-0.39, 0.29) is 11.9 Å². The van der Waals surface area contributed by atoms with Crippen LogP contribution in [0, 0.1) is 11.7 Å². The van der Waals surface area contributed by atoms with Gasteiger partial charge in [0.1, 0.15) is 5.82 Å². The lowest BCUT2D eigenvalue weighted by Gasteiger charge is -2.33. The Hall–Kier alpha value is -0.930. The maximum absolute atomic E-state index is 14.1.